The molecule has 0 unspecified atom stereocenters. The van der Waals surface area contributed by atoms with Gasteiger partial charge in [0.2, 0.25) is 0 Å². The van der Waals surface area contributed by atoms with Crippen molar-refractivity contribution in [1.82, 2.24) is 9.88 Å². The molecule has 0 fully saturated rings. The molecule has 0 spiro atoms. The SMILES string of the molecule is Cc1ccc2cc(CN(CCCO)C(=O)Nc3ccccc3)c(=O)[nH]c2c1. The second-order valence-corrected chi connectivity index (χ2v) is 6.51. The number of H-pyrrole nitrogens is 1. The number of pyridine rings is 1. The van der Waals surface area contributed by atoms with Gasteiger partial charge < -0.3 is 20.3 Å². The van der Waals surface area contributed by atoms with Crippen LogP contribution in [-0.4, -0.2) is 34.2 Å². The summed E-state index contributed by atoms with van der Waals surface area (Å²) in [7, 11) is 0. The summed E-state index contributed by atoms with van der Waals surface area (Å²) in [6.07, 6.45) is 0.437. The minimum atomic E-state index is -0.307. The lowest BCUT2D eigenvalue weighted by atomic mass is 10.1. The minimum Gasteiger partial charge on any atom is -0.396 e. The first-order valence-corrected chi connectivity index (χ1v) is 8.91. The van der Waals surface area contributed by atoms with Gasteiger partial charge in [-0.2, -0.15) is 0 Å². The number of aliphatic hydroxyl groups excluding tert-OH is 1. The molecule has 6 nitrogen and oxygen atoms in total. The summed E-state index contributed by atoms with van der Waals surface area (Å²) < 4.78 is 0. The molecule has 0 saturated carbocycles. The molecule has 140 valence electrons. The quantitative estimate of drug-likeness (QED) is 0.627. The highest BCUT2D eigenvalue weighted by Crippen LogP contribution is 2.15. The van der Waals surface area contributed by atoms with Crippen LogP contribution in [0.2, 0.25) is 0 Å². The van der Waals surface area contributed by atoms with E-state index in [1.54, 1.807) is 12.1 Å². The van der Waals surface area contributed by atoms with Gasteiger partial charge in [-0.05, 0) is 48.6 Å². The maximum atomic E-state index is 12.7. The number of carbonyl (C=O) groups is 1. The third-order valence-electron chi connectivity index (χ3n) is 4.34. The van der Waals surface area contributed by atoms with Crippen molar-refractivity contribution in [3.63, 3.8) is 0 Å². The van der Waals surface area contributed by atoms with Crippen molar-refractivity contribution >= 4 is 22.6 Å². The molecule has 3 rings (SSSR count). The Morgan fingerprint density at radius 3 is 2.67 bits per heavy atom. The molecule has 2 aromatic carbocycles. The zero-order valence-electron chi connectivity index (χ0n) is 15.2. The first kappa shape index (κ1) is 18.7. The Morgan fingerprint density at radius 1 is 1.15 bits per heavy atom. The van der Waals surface area contributed by atoms with Crippen molar-refractivity contribution < 1.29 is 9.90 Å². The number of rotatable bonds is 6. The van der Waals surface area contributed by atoms with E-state index in [2.05, 4.69) is 10.3 Å². The largest absolute Gasteiger partial charge is 0.396 e. The monoisotopic (exact) mass is 365 g/mol. The highest BCUT2D eigenvalue weighted by molar-refractivity contribution is 5.89. The first-order valence-electron chi connectivity index (χ1n) is 8.91. The summed E-state index contributed by atoms with van der Waals surface area (Å²) in [6, 6.07) is 16.5. The average Bonchev–Trinajstić information content (AvgIpc) is 2.66. The number of aliphatic hydroxyl groups is 1. The van der Waals surface area contributed by atoms with E-state index < -0.39 is 0 Å². The number of aromatic amines is 1. The Hall–Kier alpha value is -3.12. The van der Waals surface area contributed by atoms with Gasteiger partial charge in [-0.15, -0.1) is 0 Å². The molecule has 0 atom stereocenters. The van der Waals surface area contributed by atoms with Crippen molar-refractivity contribution in [2.45, 2.75) is 19.9 Å². The molecule has 1 heterocycles. The molecular formula is C21H23N3O3. The lowest BCUT2D eigenvalue weighted by Crippen LogP contribution is -2.37. The Morgan fingerprint density at radius 2 is 1.93 bits per heavy atom. The van der Waals surface area contributed by atoms with Crippen LogP contribution in [0.1, 0.15) is 17.5 Å². The van der Waals surface area contributed by atoms with E-state index in [-0.39, 0.29) is 24.7 Å². The third-order valence-corrected chi connectivity index (χ3v) is 4.34. The van der Waals surface area contributed by atoms with Crippen molar-refractivity contribution in [3.8, 4) is 0 Å². The maximum Gasteiger partial charge on any atom is 0.322 e. The first-order chi connectivity index (χ1) is 13.1. The molecule has 3 aromatic rings. The summed E-state index contributed by atoms with van der Waals surface area (Å²) >= 11 is 0. The molecule has 0 aliphatic rings. The van der Waals surface area contributed by atoms with E-state index in [9.17, 15) is 9.59 Å². The number of benzene rings is 2. The van der Waals surface area contributed by atoms with Gasteiger partial charge in [-0.3, -0.25) is 4.79 Å². The normalized spacial score (nSPS) is 10.7. The number of para-hydroxylation sites is 1. The number of hydrogen-bond donors (Lipinski definition) is 3. The van der Waals surface area contributed by atoms with Gasteiger partial charge in [0, 0.05) is 29.9 Å². The predicted molar refractivity (Wildman–Crippen MR) is 107 cm³/mol. The lowest BCUT2D eigenvalue weighted by Gasteiger charge is -2.23. The lowest BCUT2D eigenvalue weighted by molar-refractivity contribution is 0.199. The summed E-state index contributed by atoms with van der Waals surface area (Å²) in [5.41, 5.74) is 2.82. The zero-order valence-corrected chi connectivity index (χ0v) is 15.2. The summed E-state index contributed by atoms with van der Waals surface area (Å²) in [6.45, 7) is 2.46. The van der Waals surface area contributed by atoms with E-state index in [0.29, 0.717) is 24.2 Å². The van der Waals surface area contributed by atoms with E-state index >= 15 is 0 Å². The van der Waals surface area contributed by atoms with Crippen LogP contribution in [0, 0.1) is 6.92 Å². The summed E-state index contributed by atoms with van der Waals surface area (Å²) in [5.74, 6) is 0. The number of nitrogens with one attached hydrogen (secondary N) is 2. The number of carbonyl (C=O) groups excluding carboxylic acids is 1. The molecule has 1 aromatic heterocycles. The van der Waals surface area contributed by atoms with Crippen LogP contribution < -0.4 is 10.9 Å². The van der Waals surface area contributed by atoms with Crippen molar-refractivity contribution in [2.75, 3.05) is 18.5 Å². The number of amides is 2. The van der Waals surface area contributed by atoms with E-state index in [4.69, 9.17) is 5.11 Å². The van der Waals surface area contributed by atoms with Crippen LogP contribution in [0.5, 0.6) is 0 Å². The molecule has 0 radical (unpaired) electrons. The maximum absolute atomic E-state index is 12.7. The number of hydrogen-bond acceptors (Lipinski definition) is 3. The van der Waals surface area contributed by atoms with Crippen molar-refractivity contribution in [3.05, 3.63) is 76.1 Å². The molecule has 0 saturated heterocycles. The zero-order chi connectivity index (χ0) is 19.2. The second-order valence-electron chi connectivity index (χ2n) is 6.51. The molecule has 2 amide bonds. The fourth-order valence-corrected chi connectivity index (χ4v) is 2.92. The molecule has 6 heteroatoms. The Balaban J connectivity index is 1.84. The Bertz CT molecular complexity index is 983. The molecule has 27 heavy (non-hydrogen) atoms. The molecule has 3 N–H and O–H groups in total. The number of anilines is 1. The number of nitrogens with zero attached hydrogens (tertiary/aromatic N) is 1. The highest BCUT2D eigenvalue weighted by Gasteiger charge is 2.16. The van der Waals surface area contributed by atoms with Gasteiger partial charge >= 0.3 is 6.03 Å². The highest BCUT2D eigenvalue weighted by atomic mass is 16.3. The van der Waals surface area contributed by atoms with Crippen molar-refractivity contribution in [2.24, 2.45) is 0 Å². The van der Waals surface area contributed by atoms with E-state index in [1.807, 2.05) is 49.4 Å². The minimum absolute atomic E-state index is 0.0253. The topological polar surface area (TPSA) is 85.4 Å². The fraction of sp³-hybridized carbons (Fsp3) is 0.238. The smallest absolute Gasteiger partial charge is 0.322 e. The number of fused-ring (bicyclic) bond motifs is 1. The van der Waals surface area contributed by atoms with Gasteiger partial charge in [-0.1, -0.05) is 30.3 Å². The average molecular weight is 365 g/mol. The van der Waals surface area contributed by atoms with Crippen LogP contribution in [0.25, 0.3) is 10.9 Å². The predicted octanol–water partition coefficient (Wildman–Crippen LogP) is 3.25. The molecule has 0 bridgehead atoms. The number of urea groups is 1. The van der Waals surface area contributed by atoms with Crippen LogP contribution in [-0.2, 0) is 6.54 Å². The van der Waals surface area contributed by atoms with E-state index in [0.717, 1.165) is 16.5 Å². The molecular weight excluding hydrogens is 342 g/mol. The third kappa shape index (κ3) is 4.74. The van der Waals surface area contributed by atoms with Gasteiger partial charge in [0.25, 0.3) is 5.56 Å². The van der Waals surface area contributed by atoms with Gasteiger partial charge in [0.15, 0.2) is 0 Å². The Labute approximate surface area is 157 Å². The van der Waals surface area contributed by atoms with Crippen LogP contribution in [0.4, 0.5) is 10.5 Å². The van der Waals surface area contributed by atoms with Gasteiger partial charge in [-0.25, -0.2) is 4.79 Å². The second kappa shape index (κ2) is 8.51. The molecule has 0 aliphatic carbocycles. The summed E-state index contributed by atoms with van der Waals surface area (Å²) in [5, 5.41) is 12.9. The summed E-state index contributed by atoms with van der Waals surface area (Å²) in [4.78, 5) is 29.6. The standard InChI is InChI=1S/C21H23N3O3/c1-15-8-9-16-13-17(20(26)23-19(16)12-15)14-24(10-5-11-25)21(27)22-18-6-3-2-4-7-18/h2-4,6-9,12-13,25H,5,10-11,14H2,1H3,(H,22,27)(H,23,26). The number of aromatic nitrogens is 1. The number of aryl methyl sites for hydroxylation is 1. The fourth-order valence-electron chi connectivity index (χ4n) is 2.92. The van der Waals surface area contributed by atoms with Gasteiger partial charge in [0.05, 0.1) is 6.54 Å². The van der Waals surface area contributed by atoms with E-state index in [1.165, 1.54) is 4.90 Å². The van der Waals surface area contributed by atoms with Crippen LogP contribution in [0.15, 0.2) is 59.4 Å². The van der Waals surface area contributed by atoms with Crippen molar-refractivity contribution in [1.29, 1.82) is 0 Å². The van der Waals surface area contributed by atoms with Crippen LogP contribution in [0.3, 0.4) is 0 Å². The van der Waals surface area contributed by atoms with Crippen LogP contribution >= 0.6 is 0 Å². The Kier molecular flexibility index (Phi) is 5.88. The molecule has 0 aliphatic heterocycles. The van der Waals surface area contributed by atoms with Gasteiger partial charge in [0.1, 0.15) is 0 Å².